The van der Waals surface area contributed by atoms with Gasteiger partial charge in [0.05, 0.1) is 19.8 Å². The molecule has 11 atom stereocenters. The first-order valence-corrected chi connectivity index (χ1v) is 26.3. The van der Waals surface area contributed by atoms with Crippen LogP contribution in [0.2, 0.25) is 0 Å². The molecule has 0 aromatic carbocycles. The molecule has 0 bridgehead atoms. The van der Waals surface area contributed by atoms with Crippen LogP contribution in [0.3, 0.4) is 0 Å². The van der Waals surface area contributed by atoms with Gasteiger partial charge < -0.3 is 64.2 Å². The highest BCUT2D eigenvalue weighted by atomic mass is 16.7. The molecule has 0 spiro atoms. The lowest BCUT2D eigenvalue weighted by Crippen LogP contribution is -2.61. The highest BCUT2D eigenvalue weighted by Gasteiger charge is 2.47. The largest absolute Gasteiger partial charge is 0.462 e. The Hall–Kier alpha value is -1.76. The molecule has 0 amide bonds. The van der Waals surface area contributed by atoms with E-state index < -0.39 is 92.7 Å². The SMILES string of the molecule is CCCCCCCC/C=C/CCCCCC(=O)OC[C@H](CO[C@H]1O[C@@H](CO[C@H]2O[C@@H](CO)[C@@H](O)C(O)C2O)[C@@H](O)C(O)C1O)OC(=O)CCCCCCCCCCCCCCCCCCC. The van der Waals surface area contributed by atoms with Gasteiger partial charge >= 0.3 is 11.9 Å². The van der Waals surface area contributed by atoms with E-state index in [9.17, 15) is 45.3 Å². The van der Waals surface area contributed by atoms with Crippen molar-refractivity contribution in [2.75, 3.05) is 26.4 Å². The Morgan fingerprint density at radius 2 is 0.864 bits per heavy atom. The second-order valence-electron chi connectivity index (χ2n) is 18.7. The van der Waals surface area contributed by atoms with Gasteiger partial charge in [0.1, 0.15) is 55.4 Å². The number of carbonyl (C=O) groups excluding carboxylic acids is 2. The van der Waals surface area contributed by atoms with Gasteiger partial charge in [-0.1, -0.05) is 167 Å². The average molecular weight is 947 g/mol. The summed E-state index contributed by atoms with van der Waals surface area (Å²) in [4.78, 5) is 25.7. The molecule has 2 saturated heterocycles. The number of hydrogen-bond acceptors (Lipinski definition) is 15. The molecule has 2 heterocycles. The van der Waals surface area contributed by atoms with Crippen LogP contribution in [0.4, 0.5) is 0 Å². The van der Waals surface area contributed by atoms with Gasteiger partial charge in [-0.2, -0.15) is 0 Å². The number of rotatable bonds is 41. The van der Waals surface area contributed by atoms with Crippen LogP contribution in [-0.2, 0) is 38.0 Å². The summed E-state index contributed by atoms with van der Waals surface area (Å²) in [5.74, 6) is -0.933. The van der Waals surface area contributed by atoms with E-state index in [2.05, 4.69) is 26.0 Å². The molecule has 388 valence electrons. The summed E-state index contributed by atoms with van der Waals surface area (Å²) in [6.45, 7) is 2.59. The Balaban J connectivity index is 1.80. The third-order valence-electron chi connectivity index (χ3n) is 12.7. The molecule has 0 aromatic heterocycles. The molecule has 0 radical (unpaired) electrons. The van der Waals surface area contributed by atoms with E-state index >= 15 is 0 Å². The van der Waals surface area contributed by atoms with Gasteiger partial charge in [-0.25, -0.2) is 0 Å². The van der Waals surface area contributed by atoms with Crippen molar-refractivity contribution in [1.82, 2.24) is 0 Å². The van der Waals surface area contributed by atoms with Crippen LogP contribution in [0.25, 0.3) is 0 Å². The molecule has 66 heavy (non-hydrogen) atoms. The molecule has 0 saturated carbocycles. The molecule has 0 aliphatic carbocycles. The number of carbonyl (C=O) groups is 2. The number of unbranched alkanes of at least 4 members (excludes halogenated alkanes) is 25. The summed E-state index contributed by atoms with van der Waals surface area (Å²) in [6.07, 6.45) is 21.0. The molecule has 2 aliphatic rings. The first kappa shape index (κ1) is 60.4. The molecule has 2 aliphatic heterocycles. The Labute approximate surface area is 397 Å². The zero-order valence-electron chi connectivity index (χ0n) is 40.9. The van der Waals surface area contributed by atoms with Crippen LogP contribution in [-0.4, -0.2) is 142 Å². The first-order chi connectivity index (χ1) is 32.0. The number of ether oxygens (including phenoxy) is 6. The zero-order valence-corrected chi connectivity index (χ0v) is 40.9. The van der Waals surface area contributed by atoms with E-state index in [4.69, 9.17) is 28.4 Å². The number of allylic oxidation sites excluding steroid dienone is 2. The van der Waals surface area contributed by atoms with Crippen LogP contribution in [0.1, 0.15) is 206 Å². The standard InChI is InChI=1S/C51H94O15/c1-3-5-7-9-11-13-15-17-18-19-20-22-24-26-28-30-32-34-43(54)64-39(36-61-42(53)33-31-29-27-25-23-21-16-14-12-10-8-6-4-2)37-62-50-49(60)47(58)45(56)41(66-50)38-63-51-48(59)46(57)44(55)40(35-52)65-51/h21,23,39-41,44-52,55-60H,3-20,22,24-38H2,1-2H3/b23-21+/t39-,40+,41+,44-,45-,46?,47?,48?,49?,50+,51+/m1/s1. The van der Waals surface area contributed by atoms with Gasteiger partial charge in [-0.05, 0) is 38.5 Å². The van der Waals surface area contributed by atoms with Crippen LogP contribution >= 0.6 is 0 Å². The lowest BCUT2D eigenvalue weighted by atomic mass is 9.98. The minimum atomic E-state index is -1.76. The maximum atomic E-state index is 13.0. The Morgan fingerprint density at radius 1 is 0.470 bits per heavy atom. The molecule has 0 aromatic rings. The highest BCUT2D eigenvalue weighted by Crippen LogP contribution is 2.26. The average Bonchev–Trinajstić information content (AvgIpc) is 3.31. The summed E-state index contributed by atoms with van der Waals surface area (Å²) < 4.78 is 33.6. The second kappa shape index (κ2) is 39.0. The third-order valence-corrected chi connectivity index (χ3v) is 12.7. The van der Waals surface area contributed by atoms with E-state index in [1.807, 2.05) is 0 Å². The van der Waals surface area contributed by atoms with Crippen LogP contribution < -0.4 is 0 Å². The number of hydrogen-bond donors (Lipinski definition) is 7. The van der Waals surface area contributed by atoms with Crippen molar-refractivity contribution in [2.24, 2.45) is 0 Å². The van der Waals surface area contributed by atoms with E-state index in [1.165, 1.54) is 122 Å². The zero-order chi connectivity index (χ0) is 48.2. The van der Waals surface area contributed by atoms with Gasteiger partial charge in [0, 0.05) is 12.8 Å². The molecule has 15 nitrogen and oxygen atoms in total. The molecule has 7 N–H and O–H groups in total. The molecule has 15 heteroatoms. The fourth-order valence-electron chi connectivity index (χ4n) is 8.39. The maximum Gasteiger partial charge on any atom is 0.306 e. The van der Waals surface area contributed by atoms with E-state index in [0.29, 0.717) is 12.8 Å². The smallest absolute Gasteiger partial charge is 0.306 e. The molecule has 2 fully saturated rings. The Kier molecular flexibility index (Phi) is 35.7. The van der Waals surface area contributed by atoms with Gasteiger partial charge in [-0.3, -0.25) is 9.59 Å². The van der Waals surface area contributed by atoms with Crippen molar-refractivity contribution in [3.8, 4) is 0 Å². The monoisotopic (exact) mass is 947 g/mol. The normalized spacial score (nSPS) is 26.2. The Bertz CT molecular complexity index is 1210. The topological polar surface area (TPSA) is 231 Å². The quantitative estimate of drug-likeness (QED) is 0.0180. The van der Waals surface area contributed by atoms with Gasteiger partial charge in [0.25, 0.3) is 0 Å². The maximum absolute atomic E-state index is 13.0. The van der Waals surface area contributed by atoms with E-state index in [0.717, 1.165) is 44.9 Å². The number of aliphatic hydroxyl groups is 7. The minimum Gasteiger partial charge on any atom is -0.462 e. The van der Waals surface area contributed by atoms with Crippen molar-refractivity contribution in [3.63, 3.8) is 0 Å². The molecular formula is C51H94O15. The number of esters is 2. The summed E-state index contributed by atoms with van der Waals surface area (Å²) >= 11 is 0. The summed E-state index contributed by atoms with van der Waals surface area (Å²) in [5, 5.41) is 72.1. The number of aliphatic hydroxyl groups excluding tert-OH is 7. The summed E-state index contributed by atoms with van der Waals surface area (Å²) in [5.41, 5.74) is 0. The third kappa shape index (κ3) is 26.8. The summed E-state index contributed by atoms with van der Waals surface area (Å²) in [6, 6.07) is 0. The van der Waals surface area contributed by atoms with Crippen LogP contribution in [0, 0.1) is 0 Å². The molecular weight excluding hydrogens is 853 g/mol. The lowest BCUT2D eigenvalue weighted by molar-refractivity contribution is -0.332. The van der Waals surface area contributed by atoms with Gasteiger partial charge in [0.15, 0.2) is 18.7 Å². The van der Waals surface area contributed by atoms with Crippen molar-refractivity contribution >= 4 is 11.9 Å². The van der Waals surface area contributed by atoms with Crippen LogP contribution in [0.5, 0.6) is 0 Å². The van der Waals surface area contributed by atoms with Gasteiger partial charge in [-0.15, -0.1) is 0 Å². The molecule has 2 rings (SSSR count). The molecule has 4 unspecified atom stereocenters. The predicted octanol–water partition coefficient (Wildman–Crippen LogP) is 7.38. The second-order valence-corrected chi connectivity index (χ2v) is 18.7. The van der Waals surface area contributed by atoms with Crippen LogP contribution in [0.15, 0.2) is 12.2 Å². The van der Waals surface area contributed by atoms with Crippen molar-refractivity contribution in [2.45, 2.75) is 274 Å². The van der Waals surface area contributed by atoms with Crippen molar-refractivity contribution in [1.29, 1.82) is 0 Å². The van der Waals surface area contributed by atoms with E-state index in [-0.39, 0.29) is 26.1 Å². The predicted molar refractivity (Wildman–Crippen MR) is 252 cm³/mol. The minimum absolute atomic E-state index is 0.168. The lowest BCUT2D eigenvalue weighted by Gasteiger charge is -2.42. The van der Waals surface area contributed by atoms with Crippen molar-refractivity contribution in [3.05, 3.63) is 12.2 Å². The fraction of sp³-hybridized carbons (Fsp3) is 0.922. The van der Waals surface area contributed by atoms with E-state index in [1.54, 1.807) is 0 Å². The van der Waals surface area contributed by atoms with Crippen molar-refractivity contribution < 1.29 is 73.8 Å². The Morgan fingerprint density at radius 3 is 1.35 bits per heavy atom. The van der Waals surface area contributed by atoms with Gasteiger partial charge in [0.2, 0.25) is 0 Å². The highest BCUT2D eigenvalue weighted by molar-refractivity contribution is 5.70. The fourth-order valence-corrected chi connectivity index (χ4v) is 8.39. The first-order valence-electron chi connectivity index (χ1n) is 26.3. The summed E-state index contributed by atoms with van der Waals surface area (Å²) in [7, 11) is 0.